The third-order valence-electron chi connectivity index (χ3n) is 5.02. The predicted molar refractivity (Wildman–Crippen MR) is 96.8 cm³/mol. The van der Waals surface area contributed by atoms with Crippen LogP contribution in [-0.4, -0.2) is 74.7 Å². The van der Waals surface area contributed by atoms with Gasteiger partial charge in [0.15, 0.2) is 0 Å². The van der Waals surface area contributed by atoms with Crippen LogP contribution in [0.1, 0.15) is 12.0 Å². The van der Waals surface area contributed by atoms with Gasteiger partial charge in [-0.2, -0.15) is 0 Å². The minimum absolute atomic E-state index is 0.0655. The molecule has 1 unspecified atom stereocenters. The van der Waals surface area contributed by atoms with Crippen LogP contribution in [0.3, 0.4) is 0 Å². The van der Waals surface area contributed by atoms with Gasteiger partial charge in [-0.15, -0.1) is 0 Å². The molecule has 0 aromatic heterocycles. The van der Waals surface area contributed by atoms with Crippen molar-refractivity contribution >= 4 is 11.8 Å². The van der Waals surface area contributed by atoms with E-state index < -0.39 is 0 Å². The lowest BCUT2D eigenvalue weighted by atomic mass is 10.1. The van der Waals surface area contributed by atoms with Gasteiger partial charge in [-0.25, -0.2) is 0 Å². The maximum absolute atomic E-state index is 12.5. The molecule has 0 bridgehead atoms. The molecule has 2 saturated heterocycles. The van der Waals surface area contributed by atoms with E-state index in [4.69, 9.17) is 9.47 Å². The lowest BCUT2D eigenvalue weighted by molar-refractivity contribution is -0.129. The average Bonchev–Trinajstić information content (AvgIpc) is 3.06. The summed E-state index contributed by atoms with van der Waals surface area (Å²) < 4.78 is 10.6. The lowest BCUT2D eigenvalue weighted by Gasteiger charge is -2.28. The van der Waals surface area contributed by atoms with Gasteiger partial charge >= 0.3 is 0 Å². The lowest BCUT2D eigenvalue weighted by Crippen LogP contribution is -2.42. The van der Waals surface area contributed by atoms with Crippen molar-refractivity contribution in [2.75, 3.05) is 53.0 Å². The molecule has 142 valence electrons. The van der Waals surface area contributed by atoms with E-state index in [1.54, 1.807) is 7.11 Å². The Bertz CT molecular complexity index is 631. The molecule has 1 aromatic rings. The largest absolute Gasteiger partial charge is 0.496 e. The Morgan fingerprint density at radius 1 is 1.27 bits per heavy atom. The second-order valence-electron chi connectivity index (χ2n) is 6.72. The summed E-state index contributed by atoms with van der Waals surface area (Å²) in [5, 5.41) is 2.94. The highest BCUT2D eigenvalue weighted by atomic mass is 16.5. The topological polar surface area (TPSA) is 71.1 Å². The highest BCUT2D eigenvalue weighted by Crippen LogP contribution is 2.20. The second kappa shape index (κ2) is 9.00. The molecule has 2 amide bonds. The minimum Gasteiger partial charge on any atom is -0.496 e. The van der Waals surface area contributed by atoms with Gasteiger partial charge < -0.3 is 19.7 Å². The van der Waals surface area contributed by atoms with Crippen LogP contribution in [0, 0.1) is 5.92 Å². The molecule has 7 nitrogen and oxygen atoms in total. The Morgan fingerprint density at radius 3 is 2.81 bits per heavy atom. The first-order chi connectivity index (χ1) is 12.7. The normalized spacial score (nSPS) is 21.0. The number of nitrogens with zero attached hydrogens (tertiary/aromatic N) is 2. The van der Waals surface area contributed by atoms with E-state index in [1.807, 2.05) is 29.2 Å². The number of rotatable bonds is 7. The zero-order valence-corrected chi connectivity index (χ0v) is 15.3. The van der Waals surface area contributed by atoms with Crippen molar-refractivity contribution in [3.05, 3.63) is 29.8 Å². The molecule has 0 radical (unpaired) electrons. The van der Waals surface area contributed by atoms with Crippen molar-refractivity contribution in [2.24, 2.45) is 5.92 Å². The molecule has 1 aromatic carbocycles. The fraction of sp³-hybridized carbons (Fsp3) is 0.579. The maximum atomic E-state index is 12.5. The van der Waals surface area contributed by atoms with E-state index >= 15 is 0 Å². The van der Waals surface area contributed by atoms with Crippen molar-refractivity contribution in [1.82, 2.24) is 15.1 Å². The number of carbonyl (C=O) groups is 2. The number of morpholine rings is 1. The van der Waals surface area contributed by atoms with Gasteiger partial charge in [0.2, 0.25) is 11.8 Å². The molecule has 3 rings (SSSR count). The fourth-order valence-corrected chi connectivity index (χ4v) is 3.43. The summed E-state index contributed by atoms with van der Waals surface area (Å²) >= 11 is 0. The van der Waals surface area contributed by atoms with E-state index in [0.29, 0.717) is 26.1 Å². The van der Waals surface area contributed by atoms with Crippen LogP contribution < -0.4 is 10.1 Å². The molecule has 2 aliphatic rings. The third kappa shape index (κ3) is 4.74. The van der Waals surface area contributed by atoms with Crippen LogP contribution in [0.15, 0.2) is 24.3 Å². The van der Waals surface area contributed by atoms with E-state index in [1.165, 1.54) is 0 Å². The number of carbonyl (C=O) groups excluding carboxylic acids is 2. The highest BCUT2D eigenvalue weighted by Gasteiger charge is 2.34. The van der Waals surface area contributed by atoms with Crippen molar-refractivity contribution in [3.8, 4) is 5.75 Å². The van der Waals surface area contributed by atoms with Crippen LogP contribution in [0.4, 0.5) is 0 Å². The molecule has 0 saturated carbocycles. The molecular formula is C19H27N3O4. The summed E-state index contributed by atoms with van der Waals surface area (Å²) in [5.41, 5.74) is 0.928. The van der Waals surface area contributed by atoms with Gasteiger partial charge in [0.25, 0.3) is 0 Å². The number of nitrogens with one attached hydrogen (secondary N) is 1. The van der Waals surface area contributed by atoms with Crippen LogP contribution in [0.25, 0.3) is 0 Å². The summed E-state index contributed by atoms with van der Waals surface area (Å²) in [4.78, 5) is 28.8. The summed E-state index contributed by atoms with van der Waals surface area (Å²) in [5.74, 6) is 0.471. The molecule has 1 atom stereocenters. The Hall–Kier alpha value is -2.12. The molecule has 2 fully saturated rings. The fourth-order valence-electron chi connectivity index (χ4n) is 3.43. The minimum atomic E-state index is -0.276. The Balaban J connectivity index is 1.45. The Kier molecular flexibility index (Phi) is 6.46. The van der Waals surface area contributed by atoms with E-state index in [-0.39, 0.29) is 17.7 Å². The van der Waals surface area contributed by atoms with Gasteiger partial charge in [-0.1, -0.05) is 18.2 Å². The van der Waals surface area contributed by atoms with E-state index in [2.05, 4.69) is 10.2 Å². The number of benzene rings is 1. The number of amides is 2. The summed E-state index contributed by atoms with van der Waals surface area (Å²) in [6.07, 6.45) is 0.293. The smallest absolute Gasteiger partial charge is 0.225 e. The van der Waals surface area contributed by atoms with Crippen molar-refractivity contribution in [2.45, 2.75) is 13.0 Å². The molecule has 2 aliphatic heterocycles. The quantitative estimate of drug-likeness (QED) is 0.765. The SMILES string of the molecule is COc1ccccc1CNC(=O)C1CC(=O)N(CCN2CCOCC2)C1. The van der Waals surface area contributed by atoms with Crippen LogP contribution in [0.5, 0.6) is 5.75 Å². The zero-order chi connectivity index (χ0) is 18.4. The van der Waals surface area contributed by atoms with Crippen molar-refractivity contribution < 1.29 is 19.1 Å². The zero-order valence-electron chi connectivity index (χ0n) is 15.3. The van der Waals surface area contributed by atoms with Crippen LogP contribution in [0.2, 0.25) is 0 Å². The Labute approximate surface area is 154 Å². The van der Waals surface area contributed by atoms with Gasteiger partial charge in [-0.3, -0.25) is 14.5 Å². The van der Waals surface area contributed by atoms with Gasteiger partial charge in [-0.05, 0) is 6.07 Å². The number of likely N-dealkylation sites (tertiary alicyclic amines) is 1. The average molecular weight is 361 g/mol. The first kappa shape index (κ1) is 18.7. The first-order valence-corrected chi connectivity index (χ1v) is 9.15. The molecular weight excluding hydrogens is 334 g/mol. The van der Waals surface area contributed by atoms with Gasteiger partial charge in [0.1, 0.15) is 5.75 Å². The van der Waals surface area contributed by atoms with Crippen LogP contribution in [-0.2, 0) is 20.9 Å². The van der Waals surface area contributed by atoms with Gasteiger partial charge in [0, 0.05) is 51.3 Å². The van der Waals surface area contributed by atoms with Gasteiger partial charge in [0.05, 0.1) is 26.2 Å². The molecule has 1 N–H and O–H groups in total. The number of hydrogen-bond acceptors (Lipinski definition) is 5. The summed E-state index contributed by atoms with van der Waals surface area (Å²) in [6.45, 7) is 5.74. The second-order valence-corrected chi connectivity index (χ2v) is 6.72. The molecule has 0 aliphatic carbocycles. The number of para-hydroxylation sites is 1. The first-order valence-electron chi connectivity index (χ1n) is 9.15. The van der Waals surface area contributed by atoms with E-state index in [9.17, 15) is 9.59 Å². The molecule has 7 heteroatoms. The Morgan fingerprint density at radius 2 is 2.04 bits per heavy atom. The number of ether oxygens (including phenoxy) is 2. The predicted octanol–water partition coefficient (Wildman–Crippen LogP) is 0.492. The monoisotopic (exact) mass is 361 g/mol. The summed E-state index contributed by atoms with van der Waals surface area (Å²) in [6, 6.07) is 7.60. The number of methoxy groups -OCH3 is 1. The summed E-state index contributed by atoms with van der Waals surface area (Å²) in [7, 11) is 1.61. The third-order valence-corrected chi connectivity index (χ3v) is 5.02. The molecule has 0 spiro atoms. The maximum Gasteiger partial charge on any atom is 0.225 e. The van der Waals surface area contributed by atoms with E-state index in [0.717, 1.165) is 44.2 Å². The van der Waals surface area contributed by atoms with Crippen molar-refractivity contribution in [1.29, 1.82) is 0 Å². The van der Waals surface area contributed by atoms with Crippen molar-refractivity contribution in [3.63, 3.8) is 0 Å². The number of hydrogen-bond donors (Lipinski definition) is 1. The molecule has 2 heterocycles. The standard InChI is InChI=1S/C19H27N3O4/c1-25-17-5-3-2-4-15(17)13-20-19(24)16-12-18(23)22(14-16)7-6-21-8-10-26-11-9-21/h2-5,16H,6-14H2,1H3,(H,20,24). The van der Waals surface area contributed by atoms with Crippen LogP contribution >= 0.6 is 0 Å². The molecule has 26 heavy (non-hydrogen) atoms. The highest BCUT2D eigenvalue weighted by molar-refractivity contribution is 5.89.